The maximum atomic E-state index is 5.64. The maximum Gasteiger partial charge on any atom is 0.161 e. The van der Waals surface area contributed by atoms with Crippen LogP contribution in [0.4, 0.5) is 0 Å². The molecular weight excluding hydrogens is 238 g/mol. The number of hydrogen-bond donors (Lipinski definition) is 1. The minimum absolute atomic E-state index is 0.164. The van der Waals surface area contributed by atoms with Gasteiger partial charge in [-0.25, -0.2) is 0 Å². The zero-order valence-electron chi connectivity index (χ0n) is 10.9. The average molecular weight is 255 g/mol. The van der Waals surface area contributed by atoms with Gasteiger partial charge in [-0.2, -0.15) is 0 Å². The predicted octanol–water partition coefficient (Wildman–Crippen LogP) is 2.77. The first-order valence-corrected chi connectivity index (χ1v) is 6.50. The van der Waals surface area contributed by atoms with E-state index in [2.05, 4.69) is 41.7 Å². The van der Waals surface area contributed by atoms with Gasteiger partial charge in [-0.3, -0.25) is 0 Å². The number of ether oxygens (including phenoxy) is 2. The molecule has 2 aromatic carbocycles. The molecule has 0 saturated heterocycles. The normalized spacial score (nSPS) is 15.0. The Bertz CT molecular complexity index is 554. The van der Waals surface area contributed by atoms with Crippen LogP contribution in [0.15, 0.2) is 48.5 Å². The van der Waals surface area contributed by atoms with Crippen LogP contribution in [0.5, 0.6) is 11.5 Å². The number of nitrogens with one attached hydrogen (secondary N) is 1. The van der Waals surface area contributed by atoms with Crippen molar-refractivity contribution < 1.29 is 9.47 Å². The maximum absolute atomic E-state index is 5.64. The molecule has 1 unspecified atom stereocenters. The van der Waals surface area contributed by atoms with Crippen LogP contribution in [0.25, 0.3) is 0 Å². The highest BCUT2D eigenvalue weighted by atomic mass is 16.6. The molecule has 0 amide bonds. The fraction of sp³-hybridized carbons (Fsp3) is 0.250. The molecular formula is C16H17NO2. The monoisotopic (exact) mass is 255 g/mol. The Balaban J connectivity index is 1.96. The Morgan fingerprint density at radius 1 is 0.895 bits per heavy atom. The Morgan fingerprint density at radius 3 is 2.37 bits per heavy atom. The molecule has 0 saturated carbocycles. The second-order valence-electron chi connectivity index (χ2n) is 4.54. The van der Waals surface area contributed by atoms with Crippen molar-refractivity contribution in [1.82, 2.24) is 5.32 Å². The fourth-order valence-corrected chi connectivity index (χ4v) is 2.41. The van der Waals surface area contributed by atoms with Gasteiger partial charge in [0.2, 0.25) is 0 Å². The van der Waals surface area contributed by atoms with E-state index in [1.54, 1.807) is 0 Å². The van der Waals surface area contributed by atoms with Crippen LogP contribution in [-0.4, -0.2) is 20.3 Å². The van der Waals surface area contributed by atoms with Gasteiger partial charge >= 0.3 is 0 Å². The number of rotatable bonds is 3. The predicted molar refractivity (Wildman–Crippen MR) is 74.8 cm³/mol. The second kappa shape index (κ2) is 5.33. The van der Waals surface area contributed by atoms with Crippen LogP contribution in [0.3, 0.4) is 0 Å². The van der Waals surface area contributed by atoms with Gasteiger partial charge in [-0.15, -0.1) is 0 Å². The van der Waals surface area contributed by atoms with Crippen LogP contribution in [0, 0.1) is 0 Å². The molecule has 3 rings (SSSR count). The second-order valence-corrected chi connectivity index (χ2v) is 4.54. The summed E-state index contributed by atoms with van der Waals surface area (Å²) in [6.07, 6.45) is 0. The van der Waals surface area contributed by atoms with Gasteiger partial charge < -0.3 is 14.8 Å². The van der Waals surface area contributed by atoms with Gasteiger partial charge in [0.05, 0.1) is 6.04 Å². The summed E-state index contributed by atoms with van der Waals surface area (Å²) >= 11 is 0. The summed E-state index contributed by atoms with van der Waals surface area (Å²) in [6, 6.07) is 16.7. The van der Waals surface area contributed by atoms with Crippen molar-refractivity contribution in [2.45, 2.75) is 6.04 Å². The largest absolute Gasteiger partial charge is 0.486 e. The smallest absolute Gasteiger partial charge is 0.161 e. The lowest BCUT2D eigenvalue weighted by atomic mass is 9.98. The highest BCUT2D eigenvalue weighted by Gasteiger charge is 2.16. The van der Waals surface area contributed by atoms with Crippen molar-refractivity contribution in [3.05, 3.63) is 59.7 Å². The first-order chi connectivity index (χ1) is 9.38. The van der Waals surface area contributed by atoms with Gasteiger partial charge in [-0.05, 0) is 30.3 Å². The molecule has 0 spiro atoms. The van der Waals surface area contributed by atoms with E-state index in [9.17, 15) is 0 Å². The van der Waals surface area contributed by atoms with Crippen LogP contribution < -0.4 is 14.8 Å². The third-order valence-electron chi connectivity index (χ3n) is 3.32. The Labute approximate surface area is 113 Å². The van der Waals surface area contributed by atoms with Crippen LogP contribution in [0.1, 0.15) is 17.2 Å². The summed E-state index contributed by atoms with van der Waals surface area (Å²) in [5.41, 5.74) is 2.42. The quantitative estimate of drug-likeness (QED) is 0.914. The van der Waals surface area contributed by atoms with Crippen molar-refractivity contribution in [2.24, 2.45) is 0 Å². The molecule has 0 aromatic heterocycles. The summed E-state index contributed by atoms with van der Waals surface area (Å²) < 4.78 is 11.2. The van der Waals surface area contributed by atoms with Crippen molar-refractivity contribution >= 4 is 0 Å². The highest BCUT2D eigenvalue weighted by molar-refractivity contribution is 5.46. The summed E-state index contributed by atoms with van der Waals surface area (Å²) in [6.45, 7) is 1.24. The third kappa shape index (κ3) is 2.42. The van der Waals surface area contributed by atoms with Crippen molar-refractivity contribution in [3.63, 3.8) is 0 Å². The van der Waals surface area contributed by atoms with Crippen molar-refractivity contribution in [1.29, 1.82) is 0 Å². The standard InChI is InChI=1S/C16H17NO2/c1-17-16(12-5-3-2-4-6-12)13-7-8-14-15(11-13)19-10-9-18-14/h2-8,11,16-17H,9-10H2,1H3. The number of hydrogen-bond acceptors (Lipinski definition) is 3. The van der Waals surface area contributed by atoms with Gasteiger partial charge in [0, 0.05) is 0 Å². The molecule has 3 nitrogen and oxygen atoms in total. The Hall–Kier alpha value is -2.00. The molecule has 3 heteroatoms. The Morgan fingerprint density at radius 2 is 1.63 bits per heavy atom. The topological polar surface area (TPSA) is 30.5 Å². The summed E-state index contributed by atoms with van der Waals surface area (Å²) in [4.78, 5) is 0. The molecule has 2 aromatic rings. The van der Waals surface area contributed by atoms with Gasteiger partial charge in [-0.1, -0.05) is 36.4 Å². The zero-order valence-corrected chi connectivity index (χ0v) is 10.9. The molecule has 0 bridgehead atoms. The molecule has 98 valence electrons. The SMILES string of the molecule is CNC(c1ccccc1)c1ccc2c(c1)OCCO2. The lowest BCUT2D eigenvalue weighted by Crippen LogP contribution is -2.19. The van der Waals surface area contributed by atoms with Gasteiger partial charge in [0.25, 0.3) is 0 Å². The lowest BCUT2D eigenvalue weighted by molar-refractivity contribution is 0.171. The van der Waals surface area contributed by atoms with E-state index >= 15 is 0 Å². The van der Waals surface area contributed by atoms with E-state index in [4.69, 9.17) is 9.47 Å². The first kappa shape index (κ1) is 12.1. The van der Waals surface area contributed by atoms with E-state index in [0.29, 0.717) is 13.2 Å². The van der Waals surface area contributed by atoms with E-state index in [0.717, 1.165) is 11.5 Å². The molecule has 1 heterocycles. The van der Waals surface area contributed by atoms with E-state index in [-0.39, 0.29) is 6.04 Å². The summed E-state index contributed by atoms with van der Waals surface area (Å²) in [5.74, 6) is 1.66. The molecule has 1 aliphatic heterocycles. The van der Waals surface area contributed by atoms with E-state index in [1.165, 1.54) is 11.1 Å². The Kier molecular flexibility index (Phi) is 3.38. The molecule has 0 fully saturated rings. The molecule has 0 radical (unpaired) electrons. The molecule has 19 heavy (non-hydrogen) atoms. The van der Waals surface area contributed by atoms with Crippen LogP contribution in [0.2, 0.25) is 0 Å². The molecule has 1 N–H and O–H groups in total. The summed E-state index contributed by atoms with van der Waals surface area (Å²) in [7, 11) is 1.97. The van der Waals surface area contributed by atoms with Crippen LogP contribution >= 0.6 is 0 Å². The molecule has 1 aliphatic rings. The first-order valence-electron chi connectivity index (χ1n) is 6.50. The molecule has 0 aliphatic carbocycles. The zero-order chi connectivity index (χ0) is 13.1. The number of benzene rings is 2. The van der Waals surface area contributed by atoms with Gasteiger partial charge in [0.15, 0.2) is 11.5 Å². The summed E-state index contributed by atoms with van der Waals surface area (Å²) in [5, 5.41) is 3.35. The average Bonchev–Trinajstić information content (AvgIpc) is 2.49. The van der Waals surface area contributed by atoms with E-state index in [1.807, 2.05) is 19.2 Å². The van der Waals surface area contributed by atoms with Gasteiger partial charge in [0.1, 0.15) is 13.2 Å². The third-order valence-corrected chi connectivity index (χ3v) is 3.32. The lowest BCUT2D eigenvalue weighted by Gasteiger charge is -2.22. The van der Waals surface area contributed by atoms with Crippen molar-refractivity contribution in [2.75, 3.05) is 20.3 Å². The van der Waals surface area contributed by atoms with Crippen molar-refractivity contribution in [3.8, 4) is 11.5 Å². The van der Waals surface area contributed by atoms with Crippen LogP contribution in [-0.2, 0) is 0 Å². The minimum Gasteiger partial charge on any atom is -0.486 e. The molecule has 1 atom stereocenters. The minimum atomic E-state index is 0.164. The fourth-order valence-electron chi connectivity index (χ4n) is 2.41. The van der Waals surface area contributed by atoms with E-state index < -0.39 is 0 Å². The highest BCUT2D eigenvalue weighted by Crippen LogP contribution is 2.34. The number of fused-ring (bicyclic) bond motifs is 1.